The van der Waals surface area contributed by atoms with E-state index in [-0.39, 0.29) is 28.4 Å². The standard InChI is InChI=1S/C31H28ClFN8O2/c1-17-5-3-7-24(38-31(43)22-15-37-41(18(22)2)27-8-4-6-23(32)28(27)33)26-13-19(11-12-34-26)21-10-9-20(29-35-16-36-40-29)14-25(21)39-30(17)42/h4,6,8-17,24H,3,5,7H2,1-2H3,(H,38,43)(H,39,42)(H,35,36,40). The summed E-state index contributed by atoms with van der Waals surface area (Å²) in [4.78, 5) is 35.6. The first-order valence-electron chi connectivity index (χ1n) is 13.9. The number of halogens is 2. The Hall–Kier alpha value is -4.90. The van der Waals surface area contributed by atoms with Crippen LogP contribution >= 0.6 is 11.6 Å². The third-order valence-electron chi connectivity index (χ3n) is 7.71. The van der Waals surface area contributed by atoms with Crippen molar-refractivity contribution in [3.63, 3.8) is 0 Å². The maximum absolute atomic E-state index is 14.7. The van der Waals surface area contributed by atoms with E-state index in [2.05, 4.69) is 35.9 Å². The molecule has 2 aromatic carbocycles. The Bertz CT molecular complexity index is 1820. The summed E-state index contributed by atoms with van der Waals surface area (Å²) >= 11 is 5.97. The minimum atomic E-state index is -0.617. The maximum Gasteiger partial charge on any atom is 0.255 e. The molecule has 0 saturated carbocycles. The zero-order valence-corrected chi connectivity index (χ0v) is 24.2. The molecule has 218 valence electrons. The van der Waals surface area contributed by atoms with E-state index in [0.717, 1.165) is 16.7 Å². The van der Waals surface area contributed by atoms with Crippen molar-refractivity contribution in [2.75, 3.05) is 5.32 Å². The first kappa shape index (κ1) is 28.2. The molecule has 6 rings (SSSR count). The van der Waals surface area contributed by atoms with Gasteiger partial charge in [-0.05, 0) is 55.7 Å². The normalized spacial score (nSPS) is 16.9. The van der Waals surface area contributed by atoms with Crippen molar-refractivity contribution in [3.8, 4) is 28.2 Å². The van der Waals surface area contributed by atoms with Crippen molar-refractivity contribution in [3.05, 3.63) is 95.0 Å². The number of anilines is 1. The van der Waals surface area contributed by atoms with Gasteiger partial charge in [-0.3, -0.25) is 19.7 Å². The lowest BCUT2D eigenvalue weighted by Gasteiger charge is -2.22. The fourth-order valence-corrected chi connectivity index (χ4v) is 5.44. The van der Waals surface area contributed by atoms with Crippen molar-refractivity contribution in [1.29, 1.82) is 0 Å². The molecule has 0 saturated heterocycles. The molecule has 2 atom stereocenters. The van der Waals surface area contributed by atoms with Gasteiger partial charge in [0.1, 0.15) is 12.0 Å². The van der Waals surface area contributed by atoms with Crippen molar-refractivity contribution in [2.24, 2.45) is 5.92 Å². The number of nitrogens with one attached hydrogen (secondary N) is 3. The fourth-order valence-electron chi connectivity index (χ4n) is 5.27. The molecule has 5 aromatic rings. The number of rotatable bonds is 4. The molecule has 43 heavy (non-hydrogen) atoms. The van der Waals surface area contributed by atoms with E-state index < -0.39 is 11.9 Å². The number of pyridine rings is 1. The number of amides is 2. The van der Waals surface area contributed by atoms with Crippen LogP contribution < -0.4 is 10.6 Å². The number of nitrogens with zero attached hydrogens (tertiary/aromatic N) is 5. The van der Waals surface area contributed by atoms with Crippen LogP contribution in [-0.2, 0) is 4.79 Å². The quantitative estimate of drug-likeness (QED) is 0.231. The van der Waals surface area contributed by atoms with Crippen LogP contribution in [0, 0.1) is 18.7 Å². The number of hydrogen-bond acceptors (Lipinski definition) is 6. The molecule has 0 radical (unpaired) electrons. The second-order valence-corrected chi connectivity index (χ2v) is 10.9. The van der Waals surface area contributed by atoms with Crippen LogP contribution in [0.2, 0.25) is 5.02 Å². The maximum atomic E-state index is 14.7. The lowest BCUT2D eigenvalue weighted by molar-refractivity contribution is -0.119. The van der Waals surface area contributed by atoms with Gasteiger partial charge in [0.15, 0.2) is 11.6 Å². The molecule has 1 aliphatic rings. The number of aromatic nitrogens is 6. The Balaban J connectivity index is 1.34. The second-order valence-electron chi connectivity index (χ2n) is 10.5. The van der Waals surface area contributed by atoms with E-state index >= 15 is 0 Å². The number of aromatic amines is 1. The summed E-state index contributed by atoms with van der Waals surface area (Å²) in [7, 11) is 0. The minimum Gasteiger partial charge on any atom is -0.344 e. The van der Waals surface area contributed by atoms with Crippen LogP contribution in [0.25, 0.3) is 28.2 Å². The molecule has 2 bridgehead atoms. The average molecular weight is 599 g/mol. The van der Waals surface area contributed by atoms with E-state index in [9.17, 15) is 14.0 Å². The molecule has 12 heteroatoms. The van der Waals surface area contributed by atoms with Gasteiger partial charge >= 0.3 is 0 Å². The Morgan fingerprint density at radius 1 is 1.12 bits per heavy atom. The molecule has 4 heterocycles. The fraction of sp³-hybridized carbons (Fsp3) is 0.226. The molecule has 0 spiro atoms. The van der Waals surface area contributed by atoms with Gasteiger partial charge in [-0.15, -0.1) is 0 Å². The van der Waals surface area contributed by atoms with Gasteiger partial charge in [0.05, 0.1) is 34.2 Å². The smallest absolute Gasteiger partial charge is 0.255 e. The number of benzene rings is 2. The molecule has 2 amide bonds. The minimum absolute atomic E-state index is 0.0312. The van der Waals surface area contributed by atoms with Crippen LogP contribution in [0.3, 0.4) is 0 Å². The summed E-state index contributed by atoms with van der Waals surface area (Å²) < 4.78 is 16.1. The van der Waals surface area contributed by atoms with Crippen LogP contribution in [0.5, 0.6) is 0 Å². The monoisotopic (exact) mass is 598 g/mol. The van der Waals surface area contributed by atoms with Crippen molar-refractivity contribution in [1.82, 2.24) is 35.3 Å². The summed E-state index contributed by atoms with van der Waals surface area (Å²) in [6, 6.07) is 13.7. The molecular formula is C31H28ClFN8O2. The molecule has 0 aliphatic carbocycles. The Morgan fingerprint density at radius 2 is 1.98 bits per heavy atom. The first-order chi connectivity index (χ1) is 20.8. The van der Waals surface area contributed by atoms with E-state index in [0.29, 0.717) is 47.7 Å². The summed E-state index contributed by atoms with van der Waals surface area (Å²) in [6.07, 6.45) is 6.38. The number of carbonyl (C=O) groups is 2. The van der Waals surface area contributed by atoms with Gasteiger partial charge in [0.25, 0.3) is 5.91 Å². The van der Waals surface area contributed by atoms with Crippen molar-refractivity contribution in [2.45, 2.75) is 39.2 Å². The zero-order chi connectivity index (χ0) is 30.1. The largest absolute Gasteiger partial charge is 0.344 e. The molecule has 2 unspecified atom stereocenters. The van der Waals surface area contributed by atoms with Gasteiger partial charge in [0, 0.05) is 28.9 Å². The molecule has 3 aromatic heterocycles. The zero-order valence-electron chi connectivity index (χ0n) is 23.4. The Morgan fingerprint density at radius 3 is 2.79 bits per heavy atom. The van der Waals surface area contributed by atoms with E-state index in [1.54, 1.807) is 25.3 Å². The highest BCUT2D eigenvalue weighted by molar-refractivity contribution is 6.30. The molecule has 0 fully saturated rings. The van der Waals surface area contributed by atoms with Crippen molar-refractivity contribution >= 4 is 29.1 Å². The Labute approximate surface area is 251 Å². The van der Waals surface area contributed by atoms with Crippen LogP contribution in [-0.4, -0.2) is 41.8 Å². The van der Waals surface area contributed by atoms with Crippen LogP contribution in [0.15, 0.2) is 67.3 Å². The van der Waals surface area contributed by atoms with Crippen molar-refractivity contribution < 1.29 is 14.0 Å². The topological polar surface area (TPSA) is 130 Å². The van der Waals surface area contributed by atoms with Crippen LogP contribution in [0.4, 0.5) is 10.1 Å². The van der Waals surface area contributed by atoms with Gasteiger partial charge in [0.2, 0.25) is 5.91 Å². The number of H-pyrrole nitrogens is 1. The molecule has 3 N–H and O–H groups in total. The molecule has 10 nitrogen and oxygen atoms in total. The number of carbonyl (C=O) groups excluding carboxylic acids is 2. The molecule has 1 aliphatic heterocycles. The van der Waals surface area contributed by atoms with Gasteiger partial charge in [-0.25, -0.2) is 14.1 Å². The van der Waals surface area contributed by atoms with E-state index in [4.69, 9.17) is 11.6 Å². The van der Waals surface area contributed by atoms with Gasteiger partial charge in [-0.1, -0.05) is 43.1 Å². The van der Waals surface area contributed by atoms with Gasteiger partial charge in [-0.2, -0.15) is 10.2 Å². The predicted molar refractivity (Wildman–Crippen MR) is 160 cm³/mol. The summed E-state index contributed by atoms with van der Waals surface area (Å²) in [5, 5.41) is 17.2. The Kier molecular flexibility index (Phi) is 7.73. The SMILES string of the molecule is Cc1c(C(=O)NC2CCCC(C)C(=O)Nc3cc(-c4ncn[nH]4)ccc3-c3ccnc2c3)cnn1-c1cccc(Cl)c1F. The highest BCUT2D eigenvalue weighted by atomic mass is 35.5. The van der Waals surface area contributed by atoms with E-state index in [1.165, 1.54) is 23.3 Å². The third kappa shape index (κ3) is 5.63. The highest BCUT2D eigenvalue weighted by Crippen LogP contribution is 2.34. The summed E-state index contributed by atoms with van der Waals surface area (Å²) in [5.74, 6) is -0.752. The number of fused-ring (bicyclic) bond motifs is 4. The summed E-state index contributed by atoms with van der Waals surface area (Å²) in [6.45, 7) is 3.59. The van der Waals surface area contributed by atoms with Crippen LogP contribution in [0.1, 0.15) is 54.0 Å². The second kappa shape index (κ2) is 11.8. The highest BCUT2D eigenvalue weighted by Gasteiger charge is 2.24. The first-order valence-corrected chi connectivity index (χ1v) is 14.2. The average Bonchev–Trinajstić information content (AvgIpc) is 3.68. The lowest BCUT2D eigenvalue weighted by atomic mass is 9.94. The third-order valence-corrected chi connectivity index (χ3v) is 8.00. The predicted octanol–water partition coefficient (Wildman–Crippen LogP) is 6.05. The summed E-state index contributed by atoms with van der Waals surface area (Å²) in [5.41, 5.74) is 4.67. The van der Waals surface area contributed by atoms with Gasteiger partial charge < -0.3 is 10.6 Å². The van der Waals surface area contributed by atoms with E-state index in [1.807, 2.05) is 37.3 Å². The number of hydrogen-bond donors (Lipinski definition) is 3. The lowest BCUT2D eigenvalue weighted by Crippen LogP contribution is -2.30. The molecular weight excluding hydrogens is 571 g/mol.